The Morgan fingerprint density at radius 2 is 1.68 bits per heavy atom. The number of quaternary nitrogens is 1. The van der Waals surface area contributed by atoms with Gasteiger partial charge in [0.1, 0.15) is 13.1 Å². The molecule has 0 spiro atoms. The average molecular weight is 263 g/mol. The molecular formula is C12H14BNO5. The van der Waals surface area contributed by atoms with Crippen molar-refractivity contribution < 1.29 is 28.4 Å². The zero-order chi connectivity index (χ0) is 13.7. The fourth-order valence-corrected chi connectivity index (χ4v) is 2.96. The largest absolute Gasteiger partial charge is 0.614 e. The highest BCUT2D eigenvalue weighted by Gasteiger charge is 2.65. The number of rotatable bonds is 2. The molecule has 3 rings (SSSR count). The van der Waals surface area contributed by atoms with E-state index in [1.807, 2.05) is 0 Å². The number of aliphatic hydroxyl groups is 1. The van der Waals surface area contributed by atoms with Crippen LogP contribution in [0.3, 0.4) is 0 Å². The van der Waals surface area contributed by atoms with E-state index < -0.39 is 6.69 Å². The molecule has 0 radical (unpaired) electrons. The number of hydrogen-bond acceptors (Lipinski definition) is 5. The molecule has 0 amide bonds. The second-order valence-electron chi connectivity index (χ2n) is 5.35. The fraction of sp³-hybridized carbons (Fsp3) is 0.333. The van der Waals surface area contributed by atoms with E-state index in [1.54, 1.807) is 31.3 Å². The van der Waals surface area contributed by atoms with Crippen molar-refractivity contribution in [2.24, 2.45) is 0 Å². The number of aliphatic hydroxyl groups excluding tert-OH is 1. The van der Waals surface area contributed by atoms with Gasteiger partial charge in [0.15, 0.2) is 0 Å². The molecule has 0 bridgehead atoms. The Labute approximate surface area is 110 Å². The van der Waals surface area contributed by atoms with Crippen molar-refractivity contribution in [2.45, 2.75) is 6.61 Å². The molecule has 2 saturated heterocycles. The maximum atomic E-state index is 11.6. The van der Waals surface area contributed by atoms with Crippen molar-refractivity contribution >= 4 is 24.1 Å². The van der Waals surface area contributed by atoms with Gasteiger partial charge in [-0.3, -0.25) is 9.59 Å². The first kappa shape index (κ1) is 12.2. The van der Waals surface area contributed by atoms with Crippen LogP contribution in [0, 0.1) is 0 Å². The third kappa shape index (κ3) is 1.58. The molecule has 6 nitrogen and oxygen atoms in total. The number of nitrogens with zero attached hydrogens (tertiary/aromatic N) is 1. The fourth-order valence-electron chi connectivity index (χ4n) is 2.96. The lowest BCUT2D eigenvalue weighted by molar-refractivity contribution is -0.791. The minimum absolute atomic E-state index is 0.0635. The van der Waals surface area contributed by atoms with E-state index >= 15 is 0 Å². The number of carbonyl (C=O) groups excluding carboxylic acids is 2. The maximum absolute atomic E-state index is 11.6. The highest BCUT2D eigenvalue weighted by Crippen LogP contribution is 2.33. The van der Waals surface area contributed by atoms with Crippen LogP contribution in [0.1, 0.15) is 5.56 Å². The van der Waals surface area contributed by atoms with Crippen LogP contribution in [0.5, 0.6) is 0 Å². The van der Waals surface area contributed by atoms with Crippen LogP contribution in [0.25, 0.3) is 0 Å². The summed E-state index contributed by atoms with van der Waals surface area (Å²) >= 11 is 0. The summed E-state index contributed by atoms with van der Waals surface area (Å²) in [6.45, 7) is -1.95. The first-order chi connectivity index (χ1) is 8.99. The van der Waals surface area contributed by atoms with E-state index in [0.29, 0.717) is 5.46 Å². The number of hydrogen-bond donors (Lipinski definition) is 1. The van der Waals surface area contributed by atoms with Gasteiger partial charge in [-0.15, -0.1) is 0 Å². The average Bonchev–Trinajstić information content (AvgIpc) is 2.74. The zero-order valence-electron chi connectivity index (χ0n) is 10.5. The van der Waals surface area contributed by atoms with E-state index in [-0.39, 0.29) is 36.0 Å². The molecule has 0 unspecified atom stereocenters. The molecule has 2 aliphatic heterocycles. The standard InChI is InChI=1S/C12H14BNO5/c1-14-6-11(16)18-13(14,19-12(17)7-14)10-4-2-9(8-15)3-5-10/h2-5,15H,6-8H2,1H3. The van der Waals surface area contributed by atoms with Gasteiger partial charge in [-0.25, -0.2) is 0 Å². The lowest BCUT2D eigenvalue weighted by Gasteiger charge is -2.40. The van der Waals surface area contributed by atoms with E-state index in [9.17, 15) is 9.59 Å². The molecule has 2 fully saturated rings. The summed E-state index contributed by atoms with van der Waals surface area (Å²) in [7, 11) is 1.79. The van der Waals surface area contributed by atoms with Gasteiger partial charge in [0.25, 0.3) is 0 Å². The Morgan fingerprint density at radius 3 is 2.16 bits per heavy atom. The van der Waals surface area contributed by atoms with Crippen LogP contribution in [0.2, 0.25) is 0 Å². The lowest BCUT2D eigenvalue weighted by atomic mass is 9.61. The maximum Gasteiger partial charge on any atom is 0.614 e. The molecule has 0 aromatic heterocycles. The Hall–Kier alpha value is -1.86. The van der Waals surface area contributed by atoms with Gasteiger partial charge < -0.3 is 18.8 Å². The van der Waals surface area contributed by atoms with Crippen molar-refractivity contribution in [2.75, 3.05) is 20.1 Å². The molecule has 19 heavy (non-hydrogen) atoms. The van der Waals surface area contributed by atoms with E-state index in [1.165, 1.54) is 0 Å². The van der Waals surface area contributed by atoms with Gasteiger partial charge in [-0.05, 0) is 5.56 Å². The molecular weight excluding hydrogens is 249 g/mol. The molecule has 100 valence electrons. The Morgan fingerprint density at radius 1 is 1.16 bits per heavy atom. The normalized spacial score (nSPS) is 32.9. The number of carbonyl (C=O) groups is 2. The van der Waals surface area contributed by atoms with Crippen LogP contribution >= 0.6 is 0 Å². The number of fused-ring (bicyclic) bond motifs is 1. The van der Waals surface area contributed by atoms with Gasteiger partial charge in [0, 0.05) is 7.05 Å². The summed E-state index contributed by atoms with van der Waals surface area (Å²) in [6.07, 6.45) is 0. The van der Waals surface area contributed by atoms with Crippen LogP contribution in [-0.2, 0) is 25.5 Å². The molecule has 1 aromatic rings. The van der Waals surface area contributed by atoms with Gasteiger partial charge >= 0.3 is 18.6 Å². The van der Waals surface area contributed by atoms with Gasteiger partial charge in [-0.2, -0.15) is 0 Å². The Balaban J connectivity index is 2.08. The SMILES string of the molecule is C[N+]12CC(=O)O[B-]1(c1ccc(CO)cc1)OC(=O)C2. The topological polar surface area (TPSA) is 72.8 Å². The minimum Gasteiger partial charge on any atom is -0.596 e. The van der Waals surface area contributed by atoms with E-state index in [0.717, 1.165) is 5.56 Å². The number of likely N-dealkylation sites (N-methyl/N-ethyl adjacent to an activating group) is 1. The van der Waals surface area contributed by atoms with Crippen LogP contribution in [0.4, 0.5) is 0 Å². The summed E-state index contributed by atoms with van der Waals surface area (Å²) in [4.78, 5) is 23.2. The van der Waals surface area contributed by atoms with Crippen molar-refractivity contribution in [1.29, 1.82) is 0 Å². The van der Waals surface area contributed by atoms with Gasteiger partial charge in [0.2, 0.25) is 0 Å². The quantitative estimate of drug-likeness (QED) is 0.684. The Kier molecular flexibility index (Phi) is 2.45. The van der Waals surface area contributed by atoms with Crippen molar-refractivity contribution in [1.82, 2.24) is 0 Å². The van der Waals surface area contributed by atoms with Crippen molar-refractivity contribution in [3.8, 4) is 0 Å². The summed E-state index contributed by atoms with van der Waals surface area (Å²) in [6, 6.07) is 6.93. The summed E-state index contributed by atoms with van der Waals surface area (Å²) in [5, 5.41) is 9.04. The van der Waals surface area contributed by atoms with E-state index in [4.69, 9.17) is 14.4 Å². The van der Waals surface area contributed by atoms with Gasteiger partial charge in [-0.1, -0.05) is 29.7 Å². The molecule has 0 atom stereocenters. The predicted octanol–water partition coefficient (Wildman–Crippen LogP) is -1.12. The van der Waals surface area contributed by atoms with E-state index in [2.05, 4.69) is 0 Å². The highest BCUT2D eigenvalue weighted by atomic mass is 16.7. The zero-order valence-corrected chi connectivity index (χ0v) is 10.5. The third-order valence-electron chi connectivity index (χ3n) is 3.97. The smallest absolute Gasteiger partial charge is 0.596 e. The molecule has 2 aliphatic rings. The van der Waals surface area contributed by atoms with Crippen molar-refractivity contribution in [3.05, 3.63) is 29.8 Å². The monoisotopic (exact) mass is 263 g/mol. The van der Waals surface area contributed by atoms with Gasteiger partial charge in [0.05, 0.1) is 6.61 Å². The number of benzene rings is 1. The van der Waals surface area contributed by atoms with Crippen LogP contribution in [0.15, 0.2) is 24.3 Å². The molecule has 1 N–H and O–H groups in total. The first-order valence-electron chi connectivity index (χ1n) is 6.11. The first-order valence-corrected chi connectivity index (χ1v) is 6.11. The van der Waals surface area contributed by atoms with Crippen molar-refractivity contribution in [3.63, 3.8) is 0 Å². The molecule has 1 aromatic carbocycles. The second-order valence-corrected chi connectivity index (χ2v) is 5.35. The Bertz CT molecular complexity index is 536. The molecule has 0 saturated carbocycles. The molecule has 7 heteroatoms. The summed E-state index contributed by atoms with van der Waals surface area (Å²) in [5.41, 5.74) is 1.41. The highest BCUT2D eigenvalue weighted by molar-refractivity contribution is 6.79. The predicted molar refractivity (Wildman–Crippen MR) is 65.9 cm³/mol. The summed E-state index contributed by atoms with van der Waals surface area (Å²) < 4.78 is 10.9. The third-order valence-corrected chi connectivity index (χ3v) is 3.97. The molecule has 2 heterocycles. The second kappa shape index (κ2) is 3.82. The lowest BCUT2D eigenvalue weighted by Crippen LogP contribution is -2.67. The van der Waals surface area contributed by atoms with Crippen LogP contribution < -0.4 is 5.46 Å². The minimum atomic E-state index is -2.15. The van der Waals surface area contributed by atoms with Crippen LogP contribution in [-0.4, -0.2) is 48.3 Å². The summed E-state index contributed by atoms with van der Waals surface area (Å²) in [5.74, 6) is -0.720. The molecule has 0 aliphatic carbocycles.